The SMILES string of the molecule is NC1=NCC(c2cccs2)N1c1ccccc1Cl. The number of aliphatic imine (C=N–C) groups is 1. The number of nitrogens with two attached hydrogens (primary N) is 1. The summed E-state index contributed by atoms with van der Waals surface area (Å²) in [4.78, 5) is 7.60. The van der Waals surface area contributed by atoms with Crippen LogP contribution in [0.2, 0.25) is 5.02 Å². The van der Waals surface area contributed by atoms with Gasteiger partial charge in [-0.3, -0.25) is 4.99 Å². The number of nitrogens with zero attached hydrogens (tertiary/aromatic N) is 2. The van der Waals surface area contributed by atoms with Gasteiger partial charge in [0.05, 0.1) is 23.3 Å². The second-order valence-electron chi connectivity index (χ2n) is 4.05. The second-order valence-corrected chi connectivity index (χ2v) is 5.44. The molecule has 1 aliphatic rings. The molecule has 18 heavy (non-hydrogen) atoms. The molecule has 5 heteroatoms. The molecular formula is C13H12ClN3S. The highest BCUT2D eigenvalue weighted by molar-refractivity contribution is 7.10. The van der Waals surface area contributed by atoms with Gasteiger partial charge in [-0.2, -0.15) is 0 Å². The highest BCUT2D eigenvalue weighted by atomic mass is 35.5. The molecular weight excluding hydrogens is 266 g/mol. The van der Waals surface area contributed by atoms with Gasteiger partial charge in [0.2, 0.25) is 0 Å². The van der Waals surface area contributed by atoms with Gasteiger partial charge in [-0.05, 0) is 23.6 Å². The number of benzene rings is 1. The first-order valence-corrected chi connectivity index (χ1v) is 6.90. The predicted octanol–water partition coefficient (Wildman–Crippen LogP) is 3.28. The minimum absolute atomic E-state index is 0.157. The molecule has 2 N–H and O–H groups in total. The van der Waals surface area contributed by atoms with E-state index in [1.807, 2.05) is 35.2 Å². The van der Waals surface area contributed by atoms with Gasteiger partial charge in [0.1, 0.15) is 0 Å². The van der Waals surface area contributed by atoms with Crippen LogP contribution in [0.25, 0.3) is 0 Å². The van der Waals surface area contributed by atoms with Crippen molar-refractivity contribution in [1.29, 1.82) is 0 Å². The fourth-order valence-electron chi connectivity index (χ4n) is 2.13. The summed E-state index contributed by atoms with van der Waals surface area (Å²) in [6.45, 7) is 0.678. The zero-order valence-corrected chi connectivity index (χ0v) is 11.2. The number of hydrogen-bond donors (Lipinski definition) is 1. The number of anilines is 1. The first kappa shape index (κ1) is 11.6. The first-order valence-electron chi connectivity index (χ1n) is 5.64. The molecule has 0 fully saturated rings. The molecule has 3 nitrogen and oxygen atoms in total. The zero-order chi connectivity index (χ0) is 12.5. The lowest BCUT2D eigenvalue weighted by atomic mass is 10.2. The fraction of sp³-hybridized carbons (Fsp3) is 0.154. The van der Waals surface area contributed by atoms with Gasteiger partial charge in [-0.1, -0.05) is 29.8 Å². The van der Waals surface area contributed by atoms with Gasteiger partial charge >= 0.3 is 0 Å². The largest absolute Gasteiger partial charge is 0.369 e. The van der Waals surface area contributed by atoms with Crippen molar-refractivity contribution >= 4 is 34.6 Å². The van der Waals surface area contributed by atoms with Gasteiger partial charge in [-0.15, -0.1) is 11.3 Å². The molecule has 0 spiro atoms. The monoisotopic (exact) mass is 277 g/mol. The smallest absolute Gasteiger partial charge is 0.196 e. The van der Waals surface area contributed by atoms with Crippen molar-refractivity contribution < 1.29 is 0 Å². The molecule has 0 amide bonds. The Morgan fingerprint density at radius 2 is 2.11 bits per heavy atom. The third-order valence-corrected chi connectivity index (χ3v) is 4.26. The third kappa shape index (κ3) is 1.87. The van der Waals surface area contributed by atoms with E-state index in [0.29, 0.717) is 17.5 Å². The Bertz CT molecular complexity index is 580. The molecule has 0 saturated carbocycles. The molecule has 1 aromatic heterocycles. The molecule has 2 aromatic rings. The van der Waals surface area contributed by atoms with Crippen molar-refractivity contribution in [3.63, 3.8) is 0 Å². The molecule has 1 aliphatic heterocycles. The van der Waals surface area contributed by atoms with Crippen molar-refractivity contribution in [2.75, 3.05) is 11.4 Å². The summed E-state index contributed by atoms with van der Waals surface area (Å²) in [5.41, 5.74) is 6.91. The molecule has 1 aromatic carbocycles. The van der Waals surface area contributed by atoms with Crippen LogP contribution in [0.4, 0.5) is 5.69 Å². The van der Waals surface area contributed by atoms with E-state index in [4.69, 9.17) is 17.3 Å². The van der Waals surface area contributed by atoms with Crippen molar-refractivity contribution in [3.05, 3.63) is 51.7 Å². The molecule has 1 unspecified atom stereocenters. The predicted molar refractivity (Wildman–Crippen MR) is 77.5 cm³/mol. The third-order valence-electron chi connectivity index (χ3n) is 2.97. The van der Waals surface area contributed by atoms with Gasteiger partial charge in [0.25, 0.3) is 0 Å². The van der Waals surface area contributed by atoms with Crippen LogP contribution in [0, 0.1) is 0 Å². The van der Waals surface area contributed by atoms with E-state index in [2.05, 4.69) is 16.4 Å². The molecule has 0 saturated heterocycles. The van der Waals surface area contributed by atoms with E-state index in [1.54, 1.807) is 11.3 Å². The van der Waals surface area contributed by atoms with Crippen LogP contribution < -0.4 is 10.6 Å². The summed E-state index contributed by atoms with van der Waals surface area (Å²) >= 11 is 7.96. The Hall–Kier alpha value is -1.52. The second kappa shape index (κ2) is 4.63. The van der Waals surface area contributed by atoms with Crippen LogP contribution in [0.15, 0.2) is 46.8 Å². The van der Waals surface area contributed by atoms with E-state index < -0.39 is 0 Å². The molecule has 0 aliphatic carbocycles. The van der Waals surface area contributed by atoms with Gasteiger partial charge < -0.3 is 10.6 Å². The fourth-order valence-corrected chi connectivity index (χ4v) is 3.17. The van der Waals surface area contributed by atoms with Crippen LogP contribution in [-0.2, 0) is 0 Å². The summed E-state index contributed by atoms with van der Waals surface area (Å²) in [5.74, 6) is 0.529. The lowest BCUT2D eigenvalue weighted by molar-refractivity contribution is 0.785. The quantitative estimate of drug-likeness (QED) is 0.915. The Kier molecular flexibility index (Phi) is 2.97. The Labute approximate surface area is 115 Å². The maximum absolute atomic E-state index is 6.25. The number of para-hydroxylation sites is 1. The standard InChI is InChI=1S/C13H12ClN3S/c14-9-4-1-2-5-10(9)17-11(8-16-13(17)15)12-6-3-7-18-12/h1-7,11H,8H2,(H2,15,16). The van der Waals surface area contributed by atoms with E-state index in [9.17, 15) is 0 Å². The minimum Gasteiger partial charge on any atom is -0.369 e. The molecule has 1 atom stereocenters. The molecule has 3 rings (SSSR count). The Balaban J connectivity index is 2.03. The van der Waals surface area contributed by atoms with Crippen LogP contribution in [-0.4, -0.2) is 12.5 Å². The summed E-state index contributed by atoms with van der Waals surface area (Å²) in [5, 5.41) is 2.76. The first-order chi connectivity index (χ1) is 8.77. The van der Waals surface area contributed by atoms with Crippen LogP contribution in [0.1, 0.15) is 10.9 Å². The number of thiophene rings is 1. The Morgan fingerprint density at radius 1 is 1.28 bits per heavy atom. The summed E-state index contributed by atoms with van der Waals surface area (Å²) < 4.78 is 0. The summed E-state index contributed by atoms with van der Waals surface area (Å²) in [6, 6.07) is 12.0. The van der Waals surface area contributed by atoms with E-state index in [1.165, 1.54) is 4.88 Å². The lowest BCUT2D eigenvalue weighted by Crippen LogP contribution is -2.36. The zero-order valence-electron chi connectivity index (χ0n) is 9.58. The highest BCUT2D eigenvalue weighted by Gasteiger charge is 2.30. The number of rotatable bonds is 2. The molecule has 0 radical (unpaired) electrons. The average Bonchev–Trinajstić information content (AvgIpc) is 2.99. The average molecular weight is 278 g/mol. The Morgan fingerprint density at radius 3 is 2.83 bits per heavy atom. The lowest BCUT2D eigenvalue weighted by Gasteiger charge is -2.26. The van der Waals surface area contributed by atoms with Gasteiger partial charge in [0.15, 0.2) is 5.96 Å². The van der Waals surface area contributed by atoms with Gasteiger partial charge in [-0.25, -0.2) is 0 Å². The minimum atomic E-state index is 0.157. The maximum Gasteiger partial charge on any atom is 0.196 e. The number of halogens is 1. The molecule has 2 heterocycles. The summed E-state index contributed by atoms with van der Waals surface area (Å²) in [6.07, 6.45) is 0. The van der Waals surface area contributed by atoms with Crippen molar-refractivity contribution in [3.8, 4) is 0 Å². The number of guanidine groups is 1. The number of hydrogen-bond acceptors (Lipinski definition) is 4. The maximum atomic E-state index is 6.25. The normalized spacial score (nSPS) is 19.1. The summed E-state index contributed by atoms with van der Waals surface area (Å²) in [7, 11) is 0. The van der Waals surface area contributed by atoms with E-state index >= 15 is 0 Å². The van der Waals surface area contributed by atoms with Crippen LogP contribution >= 0.6 is 22.9 Å². The van der Waals surface area contributed by atoms with Crippen molar-refractivity contribution in [1.82, 2.24) is 0 Å². The van der Waals surface area contributed by atoms with Gasteiger partial charge in [0, 0.05) is 4.88 Å². The van der Waals surface area contributed by atoms with Crippen molar-refractivity contribution in [2.24, 2.45) is 10.7 Å². The van der Waals surface area contributed by atoms with E-state index in [0.717, 1.165) is 5.69 Å². The van der Waals surface area contributed by atoms with Crippen molar-refractivity contribution in [2.45, 2.75) is 6.04 Å². The van der Waals surface area contributed by atoms with Crippen LogP contribution in [0.3, 0.4) is 0 Å². The van der Waals surface area contributed by atoms with E-state index in [-0.39, 0.29) is 6.04 Å². The topological polar surface area (TPSA) is 41.6 Å². The van der Waals surface area contributed by atoms with Crippen LogP contribution in [0.5, 0.6) is 0 Å². The molecule has 0 bridgehead atoms. The highest BCUT2D eigenvalue weighted by Crippen LogP contribution is 2.36. The molecule has 92 valence electrons.